The molecule has 0 aromatic heterocycles. The van der Waals surface area contributed by atoms with Gasteiger partial charge < -0.3 is 14.7 Å². The molecule has 0 radical (unpaired) electrons. The minimum atomic E-state index is -4.58. The Morgan fingerprint density at radius 2 is 1.97 bits per heavy atom. The Morgan fingerprint density at radius 1 is 1.28 bits per heavy atom. The van der Waals surface area contributed by atoms with Gasteiger partial charge in [0, 0.05) is 12.5 Å². The summed E-state index contributed by atoms with van der Waals surface area (Å²) in [6.07, 6.45) is -6.66. The maximum absolute atomic E-state index is 12.7. The quantitative estimate of drug-likeness (QED) is 0.180. The molecular formula is C17H12ClF3N2O6. The highest BCUT2D eigenvalue weighted by Crippen LogP contribution is 2.36. The van der Waals surface area contributed by atoms with Gasteiger partial charge >= 0.3 is 18.4 Å². The molecule has 0 aliphatic carbocycles. The Balaban J connectivity index is 2.34. The molecule has 1 N–H and O–H groups in total. The molecule has 0 aliphatic rings. The number of oxime groups is 1. The zero-order valence-electron chi connectivity index (χ0n) is 14.5. The van der Waals surface area contributed by atoms with Crippen LogP contribution in [-0.4, -0.2) is 28.0 Å². The van der Waals surface area contributed by atoms with Crippen molar-refractivity contribution in [3.63, 3.8) is 0 Å². The van der Waals surface area contributed by atoms with E-state index in [0.717, 1.165) is 19.1 Å². The molecule has 0 aliphatic heterocycles. The lowest BCUT2D eigenvalue weighted by Gasteiger charge is -2.13. The minimum absolute atomic E-state index is 0.0234. The van der Waals surface area contributed by atoms with Crippen LogP contribution in [0.15, 0.2) is 47.6 Å². The fraction of sp³-hybridized carbons (Fsp3) is 0.176. The Labute approximate surface area is 166 Å². The summed E-state index contributed by atoms with van der Waals surface area (Å²) < 4.78 is 48.1. The van der Waals surface area contributed by atoms with E-state index in [9.17, 15) is 28.1 Å². The van der Waals surface area contributed by atoms with Crippen molar-refractivity contribution >= 4 is 23.3 Å². The molecule has 0 saturated carbocycles. The average molecular weight is 433 g/mol. The van der Waals surface area contributed by atoms with Crippen molar-refractivity contribution in [2.75, 3.05) is 0 Å². The molecule has 29 heavy (non-hydrogen) atoms. The third kappa shape index (κ3) is 5.57. The average Bonchev–Trinajstić information content (AvgIpc) is 2.62. The van der Waals surface area contributed by atoms with Gasteiger partial charge in [-0.05, 0) is 30.3 Å². The Hall–Kier alpha value is -3.34. The van der Waals surface area contributed by atoms with Crippen LogP contribution in [0, 0.1) is 10.1 Å². The number of nitrogens with zero attached hydrogens (tertiary/aromatic N) is 2. The van der Waals surface area contributed by atoms with E-state index in [2.05, 4.69) is 9.89 Å². The van der Waals surface area contributed by atoms with Crippen molar-refractivity contribution in [3.05, 3.63) is 68.7 Å². The normalized spacial score (nSPS) is 12.9. The number of nitro groups is 1. The largest absolute Gasteiger partial charge is 0.456 e. The number of carbonyl (C=O) groups is 1. The number of halogens is 4. The topological polar surface area (TPSA) is 111 Å². The predicted molar refractivity (Wildman–Crippen MR) is 93.8 cm³/mol. The Kier molecular flexibility index (Phi) is 6.64. The summed E-state index contributed by atoms with van der Waals surface area (Å²) in [5.74, 6) is -1.06. The van der Waals surface area contributed by atoms with Crippen LogP contribution in [-0.2, 0) is 15.7 Å². The van der Waals surface area contributed by atoms with Gasteiger partial charge in [-0.3, -0.25) is 14.9 Å². The van der Waals surface area contributed by atoms with E-state index in [1.807, 2.05) is 0 Å². The van der Waals surface area contributed by atoms with Gasteiger partial charge in [0.25, 0.3) is 0 Å². The third-order valence-electron chi connectivity index (χ3n) is 3.43. The summed E-state index contributed by atoms with van der Waals surface area (Å²) in [5, 5.41) is 22.8. The zero-order valence-corrected chi connectivity index (χ0v) is 15.3. The van der Waals surface area contributed by atoms with Crippen LogP contribution < -0.4 is 4.74 Å². The highest BCUT2D eigenvalue weighted by molar-refractivity contribution is 6.32. The van der Waals surface area contributed by atoms with Crippen LogP contribution in [0.25, 0.3) is 0 Å². The molecule has 0 fully saturated rings. The van der Waals surface area contributed by atoms with E-state index in [1.165, 1.54) is 24.3 Å². The van der Waals surface area contributed by atoms with Gasteiger partial charge in [-0.2, -0.15) is 13.2 Å². The van der Waals surface area contributed by atoms with E-state index in [1.54, 1.807) is 0 Å². The molecule has 0 heterocycles. The van der Waals surface area contributed by atoms with Gasteiger partial charge in [-0.15, -0.1) is 0 Å². The van der Waals surface area contributed by atoms with Crippen LogP contribution in [0.3, 0.4) is 0 Å². The van der Waals surface area contributed by atoms with Crippen molar-refractivity contribution in [2.24, 2.45) is 5.16 Å². The first-order valence-corrected chi connectivity index (χ1v) is 8.08. The SMILES string of the molecule is CC(=O)OC(C(=NO)c1cccc(Oc2ccc(C(F)(F)F)cc2Cl)c1)[N+](=O)[O-]. The highest BCUT2D eigenvalue weighted by atomic mass is 35.5. The Morgan fingerprint density at radius 3 is 2.48 bits per heavy atom. The predicted octanol–water partition coefficient (Wildman–Crippen LogP) is 4.50. The van der Waals surface area contributed by atoms with E-state index in [-0.39, 0.29) is 22.1 Å². The molecule has 1 atom stereocenters. The molecule has 0 bridgehead atoms. The summed E-state index contributed by atoms with van der Waals surface area (Å²) in [6.45, 7) is 0.942. The number of carbonyl (C=O) groups excluding carboxylic acids is 1. The number of ether oxygens (including phenoxy) is 2. The van der Waals surface area contributed by atoms with Crippen LogP contribution in [0.2, 0.25) is 5.02 Å². The number of hydrogen-bond donors (Lipinski definition) is 1. The molecule has 2 rings (SSSR count). The summed E-state index contributed by atoms with van der Waals surface area (Å²) in [7, 11) is 0. The molecule has 2 aromatic rings. The van der Waals surface area contributed by atoms with Crippen molar-refractivity contribution in [1.82, 2.24) is 0 Å². The first-order chi connectivity index (χ1) is 13.5. The summed E-state index contributed by atoms with van der Waals surface area (Å²) >= 11 is 5.83. The first-order valence-electron chi connectivity index (χ1n) is 7.70. The van der Waals surface area contributed by atoms with Crippen molar-refractivity contribution < 1.29 is 37.6 Å². The van der Waals surface area contributed by atoms with Gasteiger partial charge in [0.05, 0.1) is 15.5 Å². The fourth-order valence-corrected chi connectivity index (χ4v) is 2.43. The van der Waals surface area contributed by atoms with Gasteiger partial charge in [0.15, 0.2) is 0 Å². The van der Waals surface area contributed by atoms with Crippen LogP contribution >= 0.6 is 11.6 Å². The molecule has 0 spiro atoms. The molecule has 154 valence electrons. The molecule has 8 nitrogen and oxygen atoms in total. The minimum Gasteiger partial charge on any atom is -0.456 e. The molecule has 0 amide bonds. The summed E-state index contributed by atoms with van der Waals surface area (Å²) in [5.41, 5.74) is -1.58. The molecule has 12 heteroatoms. The zero-order chi connectivity index (χ0) is 21.8. The summed E-state index contributed by atoms with van der Waals surface area (Å²) in [4.78, 5) is 21.2. The molecular weight excluding hydrogens is 421 g/mol. The number of alkyl halides is 3. The van der Waals surface area contributed by atoms with Gasteiger partial charge in [0.2, 0.25) is 5.71 Å². The Bertz CT molecular complexity index is 964. The monoisotopic (exact) mass is 432 g/mol. The highest BCUT2D eigenvalue weighted by Gasteiger charge is 2.33. The number of benzene rings is 2. The standard InChI is InChI=1S/C17H12ClF3N2O6/c1-9(24)28-16(23(26)27)15(22-25)10-3-2-4-12(7-10)29-14-6-5-11(8-13(14)18)17(19,20)21/h2-8,16,25H,1H3. The number of hydrogen-bond acceptors (Lipinski definition) is 7. The lowest BCUT2D eigenvalue weighted by Crippen LogP contribution is -2.34. The van der Waals surface area contributed by atoms with Crippen LogP contribution in [0.5, 0.6) is 11.5 Å². The van der Waals surface area contributed by atoms with Crippen molar-refractivity contribution in [1.29, 1.82) is 0 Å². The number of esters is 1. The van der Waals surface area contributed by atoms with Crippen molar-refractivity contribution in [2.45, 2.75) is 19.3 Å². The van der Waals surface area contributed by atoms with E-state index >= 15 is 0 Å². The molecule has 0 saturated heterocycles. The second-order valence-electron chi connectivity index (χ2n) is 5.51. The molecule has 2 aromatic carbocycles. The fourth-order valence-electron chi connectivity index (χ4n) is 2.21. The van der Waals surface area contributed by atoms with Gasteiger partial charge in [0.1, 0.15) is 11.5 Å². The number of rotatable bonds is 6. The van der Waals surface area contributed by atoms with Gasteiger partial charge in [-0.1, -0.05) is 28.9 Å². The van der Waals surface area contributed by atoms with Crippen LogP contribution in [0.1, 0.15) is 18.1 Å². The van der Waals surface area contributed by atoms with Gasteiger partial charge in [-0.25, -0.2) is 0 Å². The third-order valence-corrected chi connectivity index (χ3v) is 3.72. The maximum atomic E-state index is 12.7. The van der Waals surface area contributed by atoms with Crippen LogP contribution in [0.4, 0.5) is 13.2 Å². The smallest absolute Gasteiger partial charge is 0.416 e. The summed E-state index contributed by atoms with van der Waals surface area (Å²) in [6, 6.07) is 7.74. The first kappa shape index (κ1) is 22.0. The van der Waals surface area contributed by atoms with E-state index in [0.29, 0.717) is 6.07 Å². The van der Waals surface area contributed by atoms with E-state index in [4.69, 9.17) is 21.5 Å². The maximum Gasteiger partial charge on any atom is 0.416 e. The second-order valence-corrected chi connectivity index (χ2v) is 5.91. The van der Waals surface area contributed by atoms with E-state index < -0.39 is 34.6 Å². The second kappa shape index (κ2) is 8.78. The lowest BCUT2D eigenvalue weighted by molar-refractivity contribution is -0.545. The molecule has 1 unspecified atom stereocenters. The lowest BCUT2D eigenvalue weighted by atomic mass is 10.1. The van der Waals surface area contributed by atoms with Crippen molar-refractivity contribution in [3.8, 4) is 11.5 Å².